The zero-order valence-electron chi connectivity index (χ0n) is 9.38. The monoisotopic (exact) mass is 284 g/mol. The molecule has 0 aromatic carbocycles. The summed E-state index contributed by atoms with van der Waals surface area (Å²) in [5, 5.41) is 10.7. The summed E-state index contributed by atoms with van der Waals surface area (Å²) < 4.78 is 13.9. The molecule has 2 rings (SSSR count). The van der Waals surface area contributed by atoms with Crippen molar-refractivity contribution < 1.29 is 14.3 Å². The summed E-state index contributed by atoms with van der Waals surface area (Å²) in [5.41, 5.74) is 0.362. The van der Waals surface area contributed by atoms with Crippen molar-refractivity contribution in [2.45, 2.75) is 23.3 Å². The van der Waals surface area contributed by atoms with Gasteiger partial charge >= 0.3 is 5.97 Å². The molecule has 0 bridgehead atoms. The van der Waals surface area contributed by atoms with E-state index in [9.17, 15) is 9.18 Å². The molecule has 0 aliphatic carbocycles. The molecular weight excluding hydrogens is 275 g/mol. The third-order valence-electron chi connectivity index (χ3n) is 2.17. The summed E-state index contributed by atoms with van der Waals surface area (Å²) in [5.74, 6) is -1.42. The highest BCUT2D eigenvalue weighted by atomic mass is 32.2. The summed E-state index contributed by atoms with van der Waals surface area (Å²) in [6, 6.07) is 1.50. The predicted molar refractivity (Wildman–Crippen MR) is 66.8 cm³/mol. The number of rotatable bonds is 4. The van der Waals surface area contributed by atoms with E-state index in [0.717, 1.165) is 23.1 Å². The smallest absolute Gasteiger partial charge is 0.345 e. The highest BCUT2D eigenvalue weighted by molar-refractivity contribution is 7.99. The number of carbonyl (C=O) groups is 1. The van der Waals surface area contributed by atoms with Crippen LogP contribution in [0.5, 0.6) is 0 Å². The molecule has 2 aromatic rings. The van der Waals surface area contributed by atoms with Crippen LogP contribution in [0.4, 0.5) is 4.39 Å². The molecule has 0 unspecified atom stereocenters. The van der Waals surface area contributed by atoms with Crippen molar-refractivity contribution in [1.29, 1.82) is 0 Å². The number of nitrogens with zero attached hydrogens (tertiary/aromatic N) is 2. The van der Waals surface area contributed by atoms with Crippen LogP contribution in [0.25, 0.3) is 0 Å². The first-order valence-electron chi connectivity index (χ1n) is 5.11. The molecule has 4 nitrogen and oxygen atoms in total. The summed E-state index contributed by atoms with van der Waals surface area (Å²) >= 11 is 2.21. The van der Waals surface area contributed by atoms with E-state index in [2.05, 4.69) is 9.97 Å². The van der Waals surface area contributed by atoms with Gasteiger partial charge in [0.1, 0.15) is 16.2 Å². The fraction of sp³-hybridized carbons (Fsp3) is 0.182. The normalized spacial score (nSPS) is 10.6. The van der Waals surface area contributed by atoms with E-state index in [-0.39, 0.29) is 9.90 Å². The number of carboxylic acid groups (broad SMARTS) is 1. The van der Waals surface area contributed by atoms with E-state index in [1.165, 1.54) is 12.4 Å². The number of aryl methyl sites for hydroxylation is 1. The molecule has 2 heterocycles. The molecule has 0 saturated heterocycles. The molecule has 0 saturated carbocycles. The molecule has 1 N–H and O–H groups in total. The average molecular weight is 284 g/mol. The van der Waals surface area contributed by atoms with Crippen LogP contribution >= 0.6 is 23.1 Å². The van der Waals surface area contributed by atoms with Crippen molar-refractivity contribution in [1.82, 2.24) is 9.97 Å². The second kappa shape index (κ2) is 5.45. The summed E-state index contributed by atoms with van der Waals surface area (Å²) in [6.07, 6.45) is 1.81. The van der Waals surface area contributed by atoms with Crippen LogP contribution in [0.1, 0.15) is 22.3 Å². The van der Waals surface area contributed by atoms with Gasteiger partial charge in [0.25, 0.3) is 0 Å². The lowest BCUT2D eigenvalue weighted by molar-refractivity contribution is 0.0702. The maximum atomic E-state index is 13.9. The van der Waals surface area contributed by atoms with Crippen LogP contribution in [0, 0.1) is 5.82 Å². The lowest BCUT2D eigenvalue weighted by Crippen LogP contribution is -1.97. The average Bonchev–Trinajstić information content (AvgIpc) is 2.80. The fourth-order valence-corrected chi connectivity index (χ4v) is 3.03. The second-order valence-electron chi connectivity index (χ2n) is 3.35. The van der Waals surface area contributed by atoms with Crippen molar-refractivity contribution in [3.63, 3.8) is 0 Å². The molecule has 2 aromatic heterocycles. The SMILES string of the molecule is CCc1ncnc(Sc2csc(C(=O)O)c2)c1F. The lowest BCUT2D eigenvalue weighted by atomic mass is 10.3. The number of halogens is 1. The van der Waals surface area contributed by atoms with Crippen molar-refractivity contribution in [2.24, 2.45) is 0 Å². The van der Waals surface area contributed by atoms with Crippen molar-refractivity contribution >= 4 is 29.1 Å². The minimum absolute atomic E-state index is 0.219. The number of aromatic nitrogens is 2. The Morgan fingerprint density at radius 1 is 1.56 bits per heavy atom. The van der Waals surface area contributed by atoms with Gasteiger partial charge in [0.2, 0.25) is 0 Å². The molecule has 0 aliphatic rings. The Morgan fingerprint density at radius 2 is 2.33 bits per heavy atom. The Balaban J connectivity index is 2.25. The first kappa shape index (κ1) is 13.0. The fourth-order valence-electron chi connectivity index (χ4n) is 1.30. The Hall–Kier alpha value is -1.47. The first-order valence-corrected chi connectivity index (χ1v) is 6.80. The Morgan fingerprint density at radius 3 is 2.94 bits per heavy atom. The van der Waals surface area contributed by atoms with Crippen LogP contribution in [-0.2, 0) is 6.42 Å². The van der Waals surface area contributed by atoms with Crippen LogP contribution in [-0.4, -0.2) is 21.0 Å². The molecule has 0 radical (unpaired) electrons. The minimum Gasteiger partial charge on any atom is -0.477 e. The van der Waals surface area contributed by atoms with Gasteiger partial charge in [-0.1, -0.05) is 18.7 Å². The van der Waals surface area contributed by atoms with Crippen LogP contribution in [0.3, 0.4) is 0 Å². The third kappa shape index (κ3) is 2.68. The Bertz CT molecular complexity index is 586. The Labute approximate surface area is 111 Å². The number of thiophene rings is 1. The van der Waals surface area contributed by atoms with E-state index in [1.54, 1.807) is 5.38 Å². The van der Waals surface area contributed by atoms with Crippen LogP contribution < -0.4 is 0 Å². The van der Waals surface area contributed by atoms with E-state index >= 15 is 0 Å². The predicted octanol–water partition coefficient (Wildman–Crippen LogP) is 3.09. The van der Waals surface area contributed by atoms with Crippen molar-refractivity contribution in [3.05, 3.63) is 34.2 Å². The molecule has 18 heavy (non-hydrogen) atoms. The number of hydrogen-bond donors (Lipinski definition) is 1. The number of aromatic carboxylic acids is 1. The van der Waals surface area contributed by atoms with Gasteiger partial charge in [0.15, 0.2) is 5.82 Å². The quantitative estimate of drug-likeness (QED) is 0.874. The molecule has 7 heteroatoms. The molecule has 0 atom stereocenters. The van der Waals surface area contributed by atoms with Crippen molar-refractivity contribution in [2.75, 3.05) is 0 Å². The second-order valence-corrected chi connectivity index (χ2v) is 5.32. The van der Waals surface area contributed by atoms with Gasteiger partial charge in [-0.3, -0.25) is 0 Å². The Kier molecular flexibility index (Phi) is 3.93. The molecular formula is C11H9FN2O2S2. The van der Waals surface area contributed by atoms with Gasteiger partial charge in [-0.25, -0.2) is 19.2 Å². The third-order valence-corrected chi connectivity index (χ3v) is 4.18. The van der Waals surface area contributed by atoms with Gasteiger partial charge in [0, 0.05) is 10.3 Å². The maximum absolute atomic E-state index is 13.9. The van der Waals surface area contributed by atoms with E-state index < -0.39 is 11.8 Å². The number of carboxylic acids is 1. The zero-order chi connectivity index (χ0) is 13.1. The van der Waals surface area contributed by atoms with Gasteiger partial charge in [-0.05, 0) is 12.5 Å². The first-order chi connectivity index (χ1) is 8.61. The summed E-state index contributed by atoms with van der Waals surface area (Å²) in [4.78, 5) is 19.3. The lowest BCUT2D eigenvalue weighted by Gasteiger charge is -2.02. The van der Waals surface area contributed by atoms with E-state index in [4.69, 9.17) is 5.11 Å². The molecule has 0 amide bonds. The van der Waals surface area contributed by atoms with Gasteiger partial charge in [-0.15, -0.1) is 11.3 Å². The standard InChI is InChI=1S/C11H9FN2O2S2/c1-2-7-9(12)10(14-5-13-7)18-6-3-8(11(15)16)17-4-6/h3-5H,2H2,1H3,(H,15,16). The number of hydrogen-bond acceptors (Lipinski definition) is 5. The minimum atomic E-state index is -0.982. The van der Waals surface area contributed by atoms with Gasteiger partial charge < -0.3 is 5.11 Å². The van der Waals surface area contributed by atoms with E-state index in [1.807, 2.05) is 6.92 Å². The van der Waals surface area contributed by atoms with E-state index in [0.29, 0.717) is 17.0 Å². The molecule has 0 fully saturated rings. The molecule has 94 valence electrons. The van der Waals surface area contributed by atoms with Crippen molar-refractivity contribution in [3.8, 4) is 0 Å². The van der Waals surface area contributed by atoms with Crippen LogP contribution in [0.15, 0.2) is 27.7 Å². The summed E-state index contributed by atoms with van der Waals surface area (Å²) in [6.45, 7) is 1.81. The topological polar surface area (TPSA) is 63.1 Å². The maximum Gasteiger partial charge on any atom is 0.345 e. The largest absolute Gasteiger partial charge is 0.477 e. The van der Waals surface area contributed by atoms with Gasteiger partial charge in [0.05, 0.1) is 5.69 Å². The van der Waals surface area contributed by atoms with Gasteiger partial charge in [-0.2, -0.15) is 0 Å². The highest BCUT2D eigenvalue weighted by Gasteiger charge is 2.13. The van der Waals surface area contributed by atoms with Crippen LogP contribution in [0.2, 0.25) is 0 Å². The zero-order valence-corrected chi connectivity index (χ0v) is 11.0. The molecule has 0 spiro atoms. The highest BCUT2D eigenvalue weighted by Crippen LogP contribution is 2.32. The summed E-state index contributed by atoms with van der Waals surface area (Å²) in [7, 11) is 0. The molecule has 0 aliphatic heterocycles.